The fourth-order valence-corrected chi connectivity index (χ4v) is 2.52. The topological polar surface area (TPSA) is 80.0 Å². The average Bonchev–Trinajstić information content (AvgIpc) is 2.95. The van der Waals surface area contributed by atoms with Gasteiger partial charge >= 0.3 is 0 Å². The van der Waals surface area contributed by atoms with Crippen LogP contribution >= 0.6 is 12.4 Å². The predicted molar refractivity (Wildman–Crippen MR) is 93.6 cm³/mol. The van der Waals surface area contributed by atoms with Crippen molar-refractivity contribution in [3.05, 3.63) is 35.5 Å². The maximum absolute atomic E-state index is 8.58. The van der Waals surface area contributed by atoms with Crippen molar-refractivity contribution in [3.8, 4) is 0 Å². The number of anilines is 1. The molecule has 1 unspecified atom stereocenters. The lowest BCUT2D eigenvalue weighted by molar-refractivity contribution is -0.106. The summed E-state index contributed by atoms with van der Waals surface area (Å²) in [5, 5.41) is 8.24. The summed E-state index contributed by atoms with van der Waals surface area (Å²) >= 11 is 0. The monoisotopic (exact) mass is 322 g/mol. The Kier molecular flexibility index (Phi) is 7.08. The number of nitrogens with one attached hydrogen (secondary N) is 2. The van der Waals surface area contributed by atoms with Gasteiger partial charge in [0.05, 0.1) is 5.52 Å². The smallest absolute Gasteiger partial charge is 0.204 e. The molecule has 4 N–H and O–H groups in total. The maximum Gasteiger partial charge on any atom is 0.204 e. The van der Waals surface area contributed by atoms with E-state index in [9.17, 15) is 0 Å². The first-order chi connectivity index (χ1) is 10.2. The number of amides is 1. The van der Waals surface area contributed by atoms with Gasteiger partial charge in [-0.3, -0.25) is 9.78 Å². The molecule has 22 heavy (non-hydrogen) atoms. The number of halogens is 1. The van der Waals surface area contributed by atoms with E-state index < -0.39 is 0 Å². The van der Waals surface area contributed by atoms with E-state index in [4.69, 9.17) is 4.79 Å². The van der Waals surface area contributed by atoms with E-state index in [0.717, 1.165) is 24.3 Å². The van der Waals surface area contributed by atoms with Crippen LogP contribution in [0.2, 0.25) is 0 Å². The number of carbonyl (C=O) groups excluding carboxylic acids is 1. The molecule has 1 aliphatic rings. The summed E-state index contributed by atoms with van der Waals surface area (Å²) in [6.07, 6.45) is 1.44. The summed E-state index contributed by atoms with van der Waals surface area (Å²) in [7, 11) is 0. The molecule has 1 amide bonds. The summed E-state index contributed by atoms with van der Waals surface area (Å²) in [5.41, 5.74) is 8.81. The standard InChI is InChI=1S/C15H19N3.CH3NO.ClH/c1-10-8-13-14(17-11(10)2)4-3-5-15(13)18-12-6-7-16-9-12;2-1-3;/h3-5,8,12,16,18H,6-7,9H2,1-2H3;1H,(H2,2,3);1H. The van der Waals surface area contributed by atoms with Crippen LogP contribution in [-0.2, 0) is 4.79 Å². The quantitative estimate of drug-likeness (QED) is 0.740. The molecule has 3 rings (SSSR count). The number of benzene rings is 1. The van der Waals surface area contributed by atoms with Crippen LogP contribution in [0.3, 0.4) is 0 Å². The molecule has 1 atom stereocenters. The minimum atomic E-state index is 0. The van der Waals surface area contributed by atoms with Crippen LogP contribution in [0.4, 0.5) is 5.69 Å². The fourth-order valence-electron chi connectivity index (χ4n) is 2.52. The van der Waals surface area contributed by atoms with Crippen LogP contribution < -0.4 is 16.4 Å². The molecule has 5 nitrogen and oxygen atoms in total. The van der Waals surface area contributed by atoms with Crippen LogP contribution in [0.5, 0.6) is 0 Å². The summed E-state index contributed by atoms with van der Waals surface area (Å²) in [6.45, 7) is 6.35. The van der Waals surface area contributed by atoms with Gasteiger partial charge < -0.3 is 16.4 Å². The molecule has 1 aromatic carbocycles. The van der Waals surface area contributed by atoms with Gasteiger partial charge in [-0.05, 0) is 50.6 Å². The Labute approximate surface area is 137 Å². The SMILES string of the molecule is Cc1cc2c(NC3CCNC3)cccc2nc1C.Cl.NC=O. The highest BCUT2D eigenvalue weighted by atomic mass is 35.5. The first-order valence-electron chi connectivity index (χ1n) is 7.15. The van der Waals surface area contributed by atoms with E-state index >= 15 is 0 Å². The number of nitrogens with zero attached hydrogens (tertiary/aromatic N) is 1. The first-order valence-corrected chi connectivity index (χ1v) is 7.15. The van der Waals surface area contributed by atoms with E-state index in [0.29, 0.717) is 6.04 Å². The van der Waals surface area contributed by atoms with Crippen molar-refractivity contribution in [1.29, 1.82) is 0 Å². The minimum absolute atomic E-state index is 0. The Balaban J connectivity index is 0.000000562. The van der Waals surface area contributed by atoms with Crippen molar-refractivity contribution in [3.63, 3.8) is 0 Å². The van der Waals surface area contributed by atoms with Crippen LogP contribution in [0.15, 0.2) is 24.3 Å². The number of carbonyl (C=O) groups is 1. The number of primary amides is 1. The lowest BCUT2D eigenvalue weighted by atomic mass is 10.1. The van der Waals surface area contributed by atoms with Gasteiger partial charge in [0.25, 0.3) is 0 Å². The summed E-state index contributed by atoms with van der Waals surface area (Å²) in [5.74, 6) is 0. The molecule has 6 heteroatoms. The molecular formula is C16H23ClN4O. The van der Waals surface area contributed by atoms with E-state index in [-0.39, 0.29) is 18.8 Å². The van der Waals surface area contributed by atoms with E-state index in [1.54, 1.807) is 0 Å². The number of aryl methyl sites for hydroxylation is 2. The number of rotatable bonds is 2. The van der Waals surface area contributed by atoms with Gasteiger partial charge in [-0.2, -0.15) is 0 Å². The molecule has 1 saturated heterocycles. The number of fused-ring (bicyclic) bond motifs is 1. The van der Waals surface area contributed by atoms with Gasteiger partial charge in [-0.25, -0.2) is 0 Å². The maximum atomic E-state index is 8.58. The van der Waals surface area contributed by atoms with Gasteiger partial charge in [0.15, 0.2) is 0 Å². The Morgan fingerprint density at radius 2 is 2.14 bits per heavy atom. The fraction of sp³-hybridized carbons (Fsp3) is 0.375. The zero-order chi connectivity index (χ0) is 15.2. The Bertz CT molecular complexity index is 627. The van der Waals surface area contributed by atoms with E-state index in [2.05, 4.69) is 59.5 Å². The highest BCUT2D eigenvalue weighted by molar-refractivity contribution is 5.92. The third kappa shape index (κ3) is 4.32. The van der Waals surface area contributed by atoms with E-state index in [1.807, 2.05) is 0 Å². The summed E-state index contributed by atoms with van der Waals surface area (Å²) < 4.78 is 0. The van der Waals surface area contributed by atoms with Crippen molar-refractivity contribution < 1.29 is 4.79 Å². The van der Waals surface area contributed by atoms with Crippen molar-refractivity contribution >= 4 is 35.4 Å². The Morgan fingerprint density at radius 1 is 1.41 bits per heavy atom. The molecular weight excluding hydrogens is 300 g/mol. The van der Waals surface area contributed by atoms with Crippen molar-refractivity contribution in [2.45, 2.75) is 26.3 Å². The van der Waals surface area contributed by atoms with Gasteiger partial charge in [-0.15, -0.1) is 12.4 Å². The van der Waals surface area contributed by atoms with Crippen LogP contribution in [0.1, 0.15) is 17.7 Å². The highest BCUT2D eigenvalue weighted by Gasteiger charge is 2.15. The van der Waals surface area contributed by atoms with Gasteiger partial charge in [0.2, 0.25) is 6.41 Å². The van der Waals surface area contributed by atoms with Gasteiger partial charge in [0, 0.05) is 29.4 Å². The third-order valence-electron chi connectivity index (χ3n) is 3.72. The molecule has 1 aliphatic heterocycles. The summed E-state index contributed by atoms with van der Waals surface area (Å²) in [4.78, 5) is 13.2. The number of hydrogen-bond acceptors (Lipinski definition) is 4. The molecule has 2 aromatic rings. The molecule has 2 heterocycles. The Hall–Kier alpha value is -1.85. The van der Waals surface area contributed by atoms with Crippen molar-refractivity contribution in [1.82, 2.24) is 10.3 Å². The molecule has 0 bridgehead atoms. The highest BCUT2D eigenvalue weighted by Crippen LogP contribution is 2.25. The number of aromatic nitrogens is 1. The van der Waals surface area contributed by atoms with Crippen molar-refractivity contribution in [2.24, 2.45) is 5.73 Å². The zero-order valence-electron chi connectivity index (χ0n) is 12.9. The largest absolute Gasteiger partial charge is 0.380 e. The lowest BCUT2D eigenvalue weighted by Gasteiger charge is -2.15. The van der Waals surface area contributed by atoms with Crippen LogP contribution in [0.25, 0.3) is 10.9 Å². The number of hydrogen-bond donors (Lipinski definition) is 3. The Morgan fingerprint density at radius 3 is 2.77 bits per heavy atom. The molecule has 0 aliphatic carbocycles. The van der Waals surface area contributed by atoms with Crippen LogP contribution in [0, 0.1) is 13.8 Å². The molecule has 1 fully saturated rings. The van der Waals surface area contributed by atoms with Gasteiger partial charge in [-0.1, -0.05) is 6.07 Å². The molecule has 1 aromatic heterocycles. The van der Waals surface area contributed by atoms with E-state index in [1.165, 1.54) is 23.1 Å². The zero-order valence-corrected chi connectivity index (χ0v) is 13.7. The number of pyridine rings is 1. The molecule has 0 radical (unpaired) electrons. The minimum Gasteiger partial charge on any atom is -0.380 e. The van der Waals surface area contributed by atoms with Crippen LogP contribution in [-0.4, -0.2) is 30.5 Å². The molecule has 0 spiro atoms. The normalized spacial score (nSPS) is 16.4. The molecule has 0 saturated carbocycles. The van der Waals surface area contributed by atoms with Crippen molar-refractivity contribution in [2.75, 3.05) is 18.4 Å². The molecule has 120 valence electrons. The second-order valence-corrected chi connectivity index (χ2v) is 5.23. The second kappa shape index (κ2) is 8.56. The second-order valence-electron chi connectivity index (χ2n) is 5.23. The predicted octanol–water partition coefficient (Wildman–Crippen LogP) is 2.15. The third-order valence-corrected chi connectivity index (χ3v) is 3.72. The number of nitrogens with two attached hydrogens (primary N) is 1. The average molecular weight is 323 g/mol. The lowest BCUT2D eigenvalue weighted by Crippen LogP contribution is -2.22. The summed E-state index contributed by atoms with van der Waals surface area (Å²) in [6, 6.07) is 9.09. The van der Waals surface area contributed by atoms with Gasteiger partial charge in [0.1, 0.15) is 0 Å². The first kappa shape index (κ1) is 18.2.